The first-order valence-electron chi connectivity index (χ1n) is 13.1. The lowest BCUT2D eigenvalue weighted by molar-refractivity contribution is -0.144. The molecule has 13 heteroatoms. The monoisotopic (exact) mass is 637 g/mol. The van der Waals surface area contributed by atoms with Crippen molar-refractivity contribution in [3.63, 3.8) is 0 Å². The van der Waals surface area contributed by atoms with E-state index in [2.05, 4.69) is 5.32 Å². The predicted molar refractivity (Wildman–Crippen MR) is 145 cm³/mol. The predicted octanol–water partition coefficient (Wildman–Crippen LogP) is 7.77. The number of aliphatic carboxylic acids is 1. The fourth-order valence-electron chi connectivity index (χ4n) is 4.66. The van der Waals surface area contributed by atoms with Crippen LogP contribution in [0.1, 0.15) is 45.1 Å². The second-order valence-corrected chi connectivity index (χ2v) is 10.1. The fraction of sp³-hybridized carbons (Fsp3) is 0.188. The minimum atomic E-state index is -5.06. The fourth-order valence-corrected chi connectivity index (χ4v) is 4.66. The van der Waals surface area contributed by atoms with Gasteiger partial charge in [0.2, 0.25) is 0 Å². The van der Waals surface area contributed by atoms with E-state index in [1.807, 2.05) is 0 Å². The van der Waals surface area contributed by atoms with Gasteiger partial charge < -0.3 is 15.2 Å². The van der Waals surface area contributed by atoms with E-state index in [0.717, 1.165) is 37.3 Å². The molecule has 2 atom stereocenters. The van der Waals surface area contributed by atoms with E-state index in [4.69, 9.17) is 4.74 Å². The van der Waals surface area contributed by atoms with Gasteiger partial charge in [0.05, 0.1) is 16.7 Å². The smallest absolute Gasteiger partial charge is 0.416 e. The van der Waals surface area contributed by atoms with E-state index in [1.54, 1.807) is 18.2 Å². The number of amides is 1. The topological polar surface area (TPSA) is 75.6 Å². The molecule has 45 heavy (non-hydrogen) atoms. The van der Waals surface area contributed by atoms with Crippen LogP contribution in [0.2, 0.25) is 0 Å². The molecule has 236 valence electrons. The third-order valence-corrected chi connectivity index (χ3v) is 6.88. The molecule has 0 radical (unpaired) electrons. The van der Waals surface area contributed by atoms with Crippen molar-refractivity contribution in [2.75, 3.05) is 0 Å². The zero-order chi connectivity index (χ0) is 33.2. The maximum atomic E-state index is 14.9. The molecule has 0 saturated carbocycles. The summed E-state index contributed by atoms with van der Waals surface area (Å²) in [6.45, 7) is 1.09. The van der Waals surface area contributed by atoms with Crippen LogP contribution in [-0.4, -0.2) is 23.1 Å². The Hall–Kier alpha value is -4.94. The number of alkyl halides is 6. The minimum absolute atomic E-state index is 0.195. The van der Waals surface area contributed by atoms with Gasteiger partial charge in [0.15, 0.2) is 17.7 Å². The third-order valence-electron chi connectivity index (χ3n) is 6.88. The maximum absolute atomic E-state index is 14.9. The Bertz CT molecular complexity index is 1710. The molecule has 1 amide bonds. The number of halogens is 8. The first kappa shape index (κ1) is 33.0. The quantitative estimate of drug-likeness (QED) is 0.184. The number of nitrogens with one attached hydrogen (secondary N) is 1. The number of rotatable bonds is 9. The van der Waals surface area contributed by atoms with Gasteiger partial charge in [-0.3, -0.25) is 4.79 Å². The lowest BCUT2D eigenvalue weighted by Gasteiger charge is -2.37. The Morgan fingerprint density at radius 1 is 0.756 bits per heavy atom. The molecule has 0 aromatic heterocycles. The molecule has 0 fully saturated rings. The van der Waals surface area contributed by atoms with Crippen LogP contribution in [0, 0.1) is 11.6 Å². The number of hydrogen-bond donors (Lipinski definition) is 2. The van der Waals surface area contributed by atoms with Gasteiger partial charge in [0.1, 0.15) is 5.82 Å². The van der Waals surface area contributed by atoms with Crippen molar-refractivity contribution >= 4 is 11.9 Å². The zero-order valence-electron chi connectivity index (χ0n) is 23.1. The minimum Gasteiger partial charge on any atom is -0.479 e. The van der Waals surface area contributed by atoms with Crippen molar-refractivity contribution in [3.05, 3.63) is 136 Å². The normalized spacial score (nSPS) is 13.9. The van der Waals surface area contributed by atoms with Gasteiger partial charge in [-0.25, -0.2) is 13.6 Å². The Balaban J connectivity index is 2.03. The largest absolute Gasteiger partial charge is 0.479 e. The van der Waals surface area contributed by atoms with Crippen LogP contribution in [0.3, 0.4) is 0 Å². The number of carboxylic acids is 1. The van der Waals surface area contributed by atoms with E-state index in [0.29, 0.717) is 29.8 Å². The van der Waals surface area contributed by atoms with Gasteiger partial charge in [-0.1, -0.05) is 42.5 Å². The summed E-state index contributed by atoms with van der Waals surface area (Å²) in [6.07, 6.45) is -11.9. The average molecular weight is 638 g/mol. The average Bonchev–Trinajstić information content (AvgIpc) is 2.97. The van der Waals surface area contributed by atoms with Gasteiger partial charge in [0, 0.05) is 12.0 Å². The van der Waals surface area contributed by atoms with Crippen LogP contribution in [-0.2, 0) is 29.1 Å². The SMILES string of the molecule is CC(Oc1cc([C@@](Cc2ccccc2)(NC(=O)c2cccc(C(F)(F)F)c2)c2cc(F)cc(C(F)(F)F)c2)ccc1F)C(=O)O. The summed E-state index contributed by atoms with van der Waals surface area (Å²) in [5.41, 5.74) is -5.71. The number of hydrogen-bond acceptors (Lipinski definition) is 3. The molecule has 2 N–H and O–H groups in total. The van der Waals surface area contributed by atoms with E-state index in [-0.39, 0.29) is 11.6 Å². The molecule has 0 spiro atoms. The Morgan fingerprint density at radius 3 is 2.02 bits per heavy atom. The summed E-state index contributed by atoms with van der Waals surface area (Å²) in [5, 5.41) is 11.8. The van der Waals surface area contributed by atoms with Gasteiger partial charge in [-0.05, 0) is 72.1 Å². The van der Waals surface area contributed by atoms with Gasteiger partial charge >= 0.3 is 18.3 Å². The zero-order valence-corrected chi connectivity index (χ0v) is 23.1. The number of carbonyl (C=O) groups is 2. The van der Waals surface area contributed by atoms with Crippen LogP contribution in [0.4, 0.5) is 35.1 Å². The Morgan fingerprint density at radius 2 is 1.40 bits per heavy atom. The first-order chi connectivity index (χ1) is 21.0. The summed E-state index contributed by atoms with van der Waals surface area (Å²) >= 11 is 0. The molecule has 4 aromatic rings. The van der Waals surface area contributed by atoms with Crippen LogP contribution >= 0.6 is 0 Å². The van der Waals surface area contributed by atoms with E-state index in [9.17, 15) is 49.8 Å². The molecule has 4 rings (SSSR count). The van der Waals surface area contributed by atoms with Gasteiger partial charge in [-0.15, -0.1) is 0 Å². The second kappa shape index (κ2) is 12.6. The summed E-state index contributed by atoms with van der Waals surface area (Å²) in [7, 11) is 0. The number of ether oxygens (including phenoxy) is 1. The highest BCUT2D eigenvalue weighted by molar-refractivity contribution is 5.95. The lowest BCUT2D eigenvalue weighted by Crippen LogP contribution is -2.49. The summed E-state index contributed by atoms with van der Waals surface area (Å²) in [5.74, 6) is -5.77. The third kappa shape index (κ3) is 7.59. The first-order valence-corrected chi connectivity index (χ1v) is 13.1. The molecule has 1 unspecified atom stereocenters. The van der Waals surface area contributed by atoms with Crippen LogP contribution in [0.5, 0.6) is 5.75 Å². The molecule has 0 aliphatic rings. The molecule has 0 heterocycles. The Labute approximate surface area is 251 Å². The Kier molecular flexibility index (Phi) is 9.22. The van der Waals surface area contributed by atoms with Crippen molar-refractivity contribution in [1.82, 2.24) is 5.32 Å². The molecule has 0 bridgehead atoms. The number of carboxylic acid groups (broad SMARTS) is 1. The second-order valence-electron chi connectivity index (χ2n) is 10.1. The molecular weight excluding hydrogens is 614 g/mol. The number of benzene rings is 4. The number of carbonyl (C=O) groups excluding carboxylic acids is 1. The molecule has 4 aromatic carbocycles. The highest BCUT2D eigenvalue weighted by atomic mass is 19.4. The van der Waals surface area contributed by atoms with Crippen molar-refractivity contribution in [3.8, 4) is 5.75 Å². The maximum Gasteiger partial charge on any atom is 0.416 e. The van der Waals surface area contributed by atoms with Crippen LogP contribution in [0.15, 0.2) is 91.0 Å². The molecular formula is C32H23F8NO4. The molecule has 0 aliphatic carbocycles. The highest BCUT2D eigenvalue weighted by Gasteiger charge is 2.41. The van der Waals surface area contributed by atoms with Crippen molar-refractivity contribution in [1.29, 1.82) is 0 Å². The van der Waals surface area contributed by atoms with Crippen molar-refractivity contribution in [2.45, 2.75) is 37.3 Å². The van der Waals surface area contributed by atoms with E-state index >= 15 is 0 Å². The lowest BCUT2D eigenvalue weighted by atomic mass is 9.77. The molecule has 0 saturated heterocycles. The standard InChI is InChI=1S/C32H23F8NO4/c1-18(29(43)44)45-27-16-21(10-11-26(27)34)30(17-19-6-3-2-4-7-19,23-13-24(32(38,39)40)15-25(33)14-23)41-28(42)20-8-5-9-22(12-20)31(35,36)37/h2-16,18H,17H2,1H3,(H,41,42)(H,43,44)/t18?,30-/m1/s1. The molecule has 5 nitrogen and oxygen atoms in total. The highest BCUT2D eigenvalue weighted by Crippen LogP contribution is 2.40. The summed E-state index contributed by atoms with van der Waals surface area (Å²) in [6, 6.07) is 15.3. The van der Waals surface area contributed by atoms with Crippen LogP contribution in [0.25, 0.3) is 0 Å². The van der Waals surface area contributed by atoms with E-state index in [1.165, 1.54) is 12.1 Å². The van der Waals surface area contributed by atoms with Crippen molar-refractivity contribution < 1.29 is 54.6 Å². The summed E-state index contributed by atoms with van der Waals surface area (Å²) in [4.78, 5) is 25.1. The van der Waals surface area contributed by atoms with Gasteiger partial charge in [0.25, 0.3) is 5.91 Å². The van der Waals surface area contributed by atoms with Crippen molar-refractivity contribution in [2.24, 2.45) is 0 Å². The van der Waals surface area contributed by atoms with Crippen LogP contribution < -0.4 is 10.1 Å². The van der Waals surface area contributed by atoms with E-state index < -0.39 is 81.9 Å². The molecule has 0 aliphatic heterocycles. The summed E-state index contributed by atoms with van der Waals surface area (Å²) < 4.78 is 117. The van der Waals surface area contributed by atoms with Gasteiger partial charge in [-0.2, -0.15) is 26.3 Å².